The minimum Gasteiger partial charge on any atom is -0.465 e. The van der Waals surface area contributed by atoms with Gasteiger partial charge in [-0.2, -0.15) is 0 Å². The molecule has 1 amide bonds. The maximum atomic E-state index is 12.6. The molecule has 1 saturated heterocycles. The first kappa shape index (κ1) is 16.5. The predicted molar refractivity (Wildman–Crippen MR) is 99.3 cm³/mol. The molecule has 0 saturated carbocycles. The van der Waals surface area contributed by atoms with E-state index < -0.39 is 11.3 Å². The number of carbonyl (C=O) groups is 2. The number of carbonyl (C=O) groups excluding carboxylic acids is 2. The number of thioether (sulfide) groups is 1. The molecule has 1 fully saturated rings. The molecule has 1 unspecified atom stereocenters. The molecule has 2 aromatic carbocycles. The van der Waals surface area contributed by atoms with E-state index in [1.165, 1.54) is 23.8 Å². The van der Waals surface area contributed by atoms with E-state index in [1.54, 1.807) is 24.3 Å². The summed E-state index contributed by atoms with van der Waals surface area (Å²) in [6, 6.07) is 16.1. The number of hydrogen-bond donors (Lipinski definition) is 1. The first-order valence-corrected chi connectivity index (χ1v) is 8.43. The number of rotatable bonds is 4. The fraction of sp³-hybridized carbons (Fsp3) is 0.118. The quantitative estimate of drug-likeness (QED) is 0.669. The Morgan fingerprint density at radius 3 is 2.46 bits per heavy atom. The summed E-state index contributed by atoms with van der Waals surface area (Å²) >= 11 is 6.62. The van der Waals surface area contributed by atoms with Crippen LogP contribution in [0, 0.1) is 0 Å². The third kappa shape index (κ3) is 3.27. The number of esters is 1. The third-order valence-electron chi connectivity index (χ3n) is 3.46. The lowest BCUT2D eigenvalue weighted by atomic mass is 10.2. The van der Waals surface area contributed by atoms with Crippen molar-refractivity contribution in [2.45, 2.75) is 5.37 Å². The molecule has 5 nitrogen and oxygen atoms in total. The largest absolute Gasteiger partial charge is 0.465 e. The normalized spacial score (nSPS) is 17.0. The van der Waals surface area contributed by atoms with Crippen molar-refractivity contribution in [3.8, 4) is 0 Å². The standard InChI is InChI=1S/C17H14N2O3S2/c1-22-16(21)11-7-9-12(10-8-11)18-14-15(20)19(17(23)24-14)13-5-3-2-4-6-13/h2-10,14,18H,1H3. The summed E-state index contributed by atoms with van der Waals surface area (Å²) in [5.41, 5.74) is 1.94. The molecular formula is C17H14N2O3S2. The molecular weight excluding hydrogens is 344 g/mol. The van der Waals surface area contributed by atoms with Gasteiger partial charge in [-0.3, -0.25) is 9.69 Å². The Hall–Kier alpha value is -2.38. The molecule has 1 aliphatic heterocycles. The summed E-state index contributed by atoms with van der Waals surface area (Å²) in [5, 5.41) is 2.64. The molecule has 0 radical (unpaired) electrons. The molecule has 24 heavy (non-hydrogen) atoms. The van der Waals surface area contributed by atoms with Crippen molar-refractivity contribution < 1.29 is 14.3 Å². The molecule has 1 aliphatic rings. The molecule has 1 heterocycles. The first-order valence-electron chi connectivity index (χ1n) is 7.14. The van der Waals surface area contributed by atoms with Crippen LogP contribution in [-0.4, -0.2) is 28.7 Å². The van der Waals surface area contributed by atoms with Crippen molar-refractivity contribution in [1.82, 2.24) is 0 Å². The van der Waals surface area contributed by atoms with E-state index in [-0.39, 0.29) is 5.91 Å². The second-order valence-electron chi connectivity index (χ2n) is 4.99. The van der Waals surface area contributed by atoms with Gasteiger partial charge < -0.3 is 10.1 Å². The lowest BCUT2D eigenvalue weighted by Gasteiger charge is -2.16. The number of thiocarbonyl (C=S) groups is 1. The number of nitrogens with one attached hydrogen (secondary N) is 1. The maximum absolute atomic E-state index is 12.6. The van der Waals surface area contributed by atoms with Crippen LogP contribution in [0.4, 0.5) is 11.4 Å². The fourth-order valence-electron chi connectivity index (χ4n) is 2.28. The van der Waals surface area contributed by atoms with Crippen molar-refractivity contribution in [2.24, 2.45) is 0 Å². The van der Waals surface area contributed by atoms with Crippen LogP contribution in [0.15, 0.2) is 54.6 Å². The molecule has 0 aromatic heterocycles. The van der Waals surface area contributed by atoms with Crippen LogP contribution in [0.25, 0.3) is 0 Å². The summed E-state index contributed by atoms with van der Waals surface area (Å²) in [7, 11) is 1.33. The van der Waals surface area contributed by atoms with Gasteiger partial charge in [-0.1, -0.05) is 42.2 Å². The summed E-state index contributed by atoms with van der Waals surface area (Å²) in [4.78, 5) is 25.6. The van der Waals surface area contributed by atoms with Gasteiger partial charge in [-0.15, -0.1) is 0 Å². The van der Waals surface area contributed by atoms with E-state index >= 15 is 0 Å². The molecule has 7 heteroatoms. The highest BCUT2D eigenvalue weighted by atomic mass is 32.2. The van der Waals surface area contributed by atoms with E-state index in [9.17, 15) is 9.59 Å². The van der Waals surface area contributed by atoms with Crippen LogP contribution in [-0.2, 0) is 9.53 Å². The van der Waals surface area contributed by atoms with E-state index in [4.69, 9.17) is 12.2 Å². The number of methoxy groups -OCH3 is 1. The zero-order chi connectivity index (χ0) is 17.1. The highest BCUT2D eigenvalue weighted by Crippen LogP contribution is 2.32. The Labute approximate surface area is 149 Å². The van der Waals surface area contributed by atoms with E-state index in [2.05, 4.69) is 10.1 Å². The van der Waals surface area contributed by atoms with E-state index in [0.29, 0.717) is 9.88 Å². The number of ether oxygens (including phenoxy) is 1. The summed E-state index contributed by atoms with van der Waals surface area (Å²) in [5.74, 6) is -0.516. The zero-order valence-electron chi connectivity index (χ0n) is 12.8. The molecule has 2 aromatic rings. The number of benzene rings is 2. The van der Waals surface area contributed by atoms with Gasteiger partial charge in [0.25, 0.3) is 5.91 Å². The van der Waals surface area contributed by atoms with Gasteiger partial charge in [-0.05, 0) is 36.4 Å². The zero-order valence-corrected chi connectivity index (χ0v) is 14.4. The number of nitrogens with zero attached hydrogens (tertiary/aromatic N) is 1. The number of para-hydroxylation sites is 1. The molecule has 0 aliphatic carbocycles. The van der Waals surface area contributed by atoms with E-state index in [1.807, 2.05) is 30.3 Å². The molecule has 0 bridgehead atoms. The van der Waals surface area contributed by atoms with Gasteiger partial charge in [0.2, 0.25) is 0 Å². The Morgan fingerprint density at radius 1 is 1.17 bits per heavy atom. The minimum absolute atomic E-state index is 0.117. The minimum atomic E-state index is -0.498. The Morgan fingerprint density at radius 2 is 1.83 bits per heavy atom. The van der Waals surface area contributed by atoms with Gasteiger partial charge in [0, 0.05) is 5.69 Å². The first-order chi connectivity index (χ1) is 11.6. The Balaban J connectivity index is 1.74. The second-order valence-corrected chi connectivity index (χ2v) is 6.73. The van der Waals surface area contributed by atoms with Crippen LogP contribution in [0.5, 0.6) is 0 Å². The number of amides is 1. The molecule has 122 valence electrons. The molecule has 1 N–H and O–H groups in total. The van der Waals surface area contributed by atoms with Gasteiger partial charge in [-0.25, -0.2) is 4.79 Å². The number of hydrogen-bond acceptors (Lipinski definition) is 6. The van der Waals surface area contributed by atoms with Gasteiger partial charge in [0.1, 0.15) is 4.32 Å². The SMILES string of the molecule is COC(=O)c1ccc(NC2SC(=S)N(c3ccccc3)C2=O)cc1. The Kier molecular flexibility index (Phi) is 4.82. The highest BCUT2D eigenvalue weighted by molar-refractivity contribution is 8.25. The van der Waals surface area contributed by atoms with Gasteiger partial charge >= 0.3 is 5.97 Å². The van der Waals surface area contributed by atoms with Crippen molar-refractivity contribution in [1.29, 1.82) is 0 Å². The number of anilines is 2. The summed E-state index contributed by atoms with van der Waals surface area (Å²) in [6.45, 7) is 0. The van der Waals surface area contributed by atoms with Crippen LogP contribution in [0.2, 0.25) is 0 Å². The maximum Gasteiger partial charge on any atom is 0.337 e. The topological polar surface area (TPSA) is 58.6 Å². The van der Waals surface area contributed by atoms with Gasteiger partial charge in [0.05, 0.1) is 18.4 Å². The van der Waals surface area contributed by atoms with Crippen LogP contribution >= 0.6 is 24.0 Å². The fourth-order valence-corrected chi connectivity index (χ4v) is 3.67. The van der Waals surface area contributed by atoms with E-state index in [0.717, 1.165) is 11.4 Å². The second kappa shape index (κ2) is 7.02. The average molecular weight is 358 g/mol. The van der Waals surface area contributed by atoms with Gasteiger partial charge in [0.15, 0.2) is 5.37 Å². The lowest BCUT2D eigenvalue weighted by molar-refractivity contribution is -0.116. The van der Waals surface area contributed by atoms with Crippen molar-refractivity contribution in [3.63, 3.8) is 0 Å². The average Bonchev–Trinajstić information content (AvgIpc) is 2.89. The highest BCUT2D eigenvalue weighted by Gasteiger charge is 2.37. The van der Waals surface area contributed by atoms with Crippen LogP contribution < -0.4 is 10.2 Å². The molecule has 1 atom stereocenters. The van der Waals surface area contributed by atoms with Crippen LogP contribution in [0.1, 0.15) is 10.4 Å². The molecule has 3 rings (SSSR count). The van der Waals surface area contributed by atoms with Crippen LogP contribution in [0.3, 0.4) is 0 Å². The summed E-state index contributed by atoms with van der Waals surface area (Å²) < 4.78 is 5.17. The lowest BCUT2D eigenvalue weighted by Crippen LogP contribution is -2.34. The molecule has 0 spiro atoms. The smallest absolute Gasteiger partial charge is 0.337 e. The monoisotopic (exact) mass is 358 g/mol. The van der Waals surface area contributed by atoms with Crippen molar-refractivity contribution in [3.05, 3.63) is 60.2 Å². The third-order valence-corrected chi connectivity index (χ3v) is 4.87. The Bertz CT molecular complexity index is 778. The van der Waals surface area contributed by atoms with Crippen molar-refractivity contribution >= 4 is 51.6 Å². The predicted octanol–water partition coefficient (Wildman–Crippen LogP) is 3.28. The van der Waals surface area contributed by atoms with Crippen molar-refractivity contribution in [2.75, 3.05) is 17.3 Å². The summed E-state index contributed by atoms with van der Waals surface area (Å²) in [6.07, 6.45) is 0.